The third-order valence-corrected chi connectivity index (χ3v) is 4.77. The lowest BCUT2D eigenvalue weighted by Crippen LogP contribution is -2.30. The Bertz CT molecular complexity index is 647. The molecule has 0 spiro atoms. The Balaban J connectivity index is 1.50. The van der Waals surface area contributed by atoms with E-state index in [0.717, 1.165) is 31.3 Å². The first kappa shape index (κ1) is 15.1. The SMILES string of the molecule is CC(O)C1CCN(C(=O)CCCc2c[nH]c3ccccc23)C1. The standard InChI is InChI=1S/C18H24N2O2/c1-13(21)15-9-10-20(12-15)18(22)8-4-5-14-11-19-17-7-3-2-6-16(14)17/h2-3,6-7,11,13,15,19,21H,4-5,8-10,12H2,1H3. The van der Waals surface area contributed by atoms with Crippen molar-refractivity contribution in [2.75, 3.05) is 13.1 Å². The van der Waals surface area contributed by atoms with Crippen molar-refractivity contribution >= 4 is 16.8 Å². The maximum Gasteiger partial charge on any atom is 0.222 e. The molecule has 1 saturated heterocycles. The van der Waals surface area contributed by atoms with E-state index in [9.17, 15) is 9.90 Å². The highest BCUT2D eigenvalue weighted by atomic mass is 16.3. The monoisotopic (exact) mass is 300 g/mol. The van der Waals surface area contributed by atoms with Gasteiger partial charge in [-0.15, -0.1) is 0 Å². The van der Waals surface area contributed by atoms with Crippen molar-refractivity contribution in [2.45, 2.75) is 38.7 Å². The summed E-state index contributed by atoms with van der Waals surface area (Å²) in [7, 11) is 0. The van der Waals surface area contributed by atoms with Gasteiger partial charge in [-0.05, 0) is 37.8 Å². The topological polar surface area (TPSA) is 56.3 Å². The Morgan fingerprint density at radius 3 is 3.05 bits per heavy atom. The number of hydrogen-bond acceptors (Lipinski definition) is 2. The molecule has 2 N–H and O–H groups in total. The van der Waals surface area contributed by atoms with Crippen molar-refractivity contribution in [3.05, 3.63) is 36.0 Å². The van der Waals surface area contributed by atoms with E-state index in [2.05, 4.69) is 23.3 Å². The molecule has 1 aliphatic rings. The second-order valence-electron chi connectivity index (χ2n) is 6.34. The largest absolute Gasteiger partial charge is 0.393 e. The van der Waals surface area contributed by atoms with Gasteiger partial charge in [-0.3, -0.25) is 4.79 Å². The molecule has 0 saturated carbocycles. The second-order valence-corrected chi connectivity index (χ2v) is 6.34. The van der Waals surface area contributed by atoms with Gasteiger partial charge in [-0.25, -0.2) is 0 Å². The molecule has 1 aliphatic heterocycles. The van der Waals surface area contributed by atoms with E-state index in [4.69, 9.17) is 0 Å². The molecule has 4 heteroatoms. The minimum atomic E-state index is -0.316. The fraction of sp³-hybridized carbons (Fsp3) is 0.500. The zero-order valence-electron chi connectivity index (χ0n) is 13.1. The quantitative estimate of drug-likeness (QED) is 0.892. The minimum Gasteiger partial charge on any atom is -0.393 e. The lowest BCUT2D eigenvalue weighted by Gasteiger charge is -2.17. The van der Waals surface area contributed by atoms with Gasteiger partial charge in [0.1, 0.15) is 0 Å². The number of aryl methyl sites for hydroxylation is 1. The third-order valence-electron chi connectivity index (χ3n) is 4.77. The third kappa shape index (κ3) is 3.17. The zero-order valence-corrected chi connectivity index (χ0v) is 13.1. The summed E-state index contributed by atoms with van der Waals surface area (Å²) in [5.41, 5.74) is 2.44. The van der Waals surface area contributed by atoms with Crippen LogP contribution in [0, 0.1) is 5.92 Å². The molecular formula is C18H24N2O2. The van der Waals surface area contributed by atoms with Gasteiger partial charge in [0, 0.05) is 42.5 Å². The predicted octanol–water partition coefficient (Wildman–Crippen LogP) is 2.72. The molecule has 1 aromatic carbocycles. The molecule has 2 heterocycles. The molecule has 0 radical (unpaired) electrons. The molecule has 4 nitrogen and oxygen atoms in total. The number of rotatable bonds is 5. The number of aromatic amines is 1. The molecule has 1 amide bonds. The van der Waals surface area contributed by atoms with Crippen LogP contribution in [0.25, 0.3) is 10.9 Å². The lowest BCUT2D eigenvalue weighted by molar-refractivity contribution is -0.130. The van der Waals surface area contributed by atoms with Gasteiger partial charge >= 0.3 is 0 Å². The smallest absolute Gasteiger partial charge is 0.222 e. The molecule has 22 heavy (non-hydrogen) atoms. The Kier molecular flexibility index (Phi) is 4.48. The number of benzene rings is 1. The summed E-state index contributed by atoms with van der Waals surface area (Å²) >= 11 is 0. The van der Waals surface area contributed by atoms with Gasteiger partial charge in [-0.2, -0.15) is 0 Å². The van der Waals surface area contributed by atoms with Crippen LogP contribution in [0.3, 0.4) is 0 Å². The van der Waals surface area contributed by atoms with Gasteiger partial charge in [-0.1, -0.05) is 18.2 Å². The molecule has 118 valence electrons. The van der Waals surface area contributed by atoms with Crippen LogP contribution in [0.5, 0.6) is 0 Å². The number of carbonyl (C=O) groups excluding carboxylic acids is 1. The number of amides is 1. The van der Waals surface area contributed by atoms with E-state index in [1.807, 2.05) is 24.0 Å². The van der Waals surface area contributed by atoms with Crippen molar-refractivity contribution < 1.29 is 9.90 Å². The summed E-state index contributed by atoms with van der Waals surface area (Å²) in [4.78, 5) is 17.4. The maximum atomic E-state index is 12.2. The van der Waals surface area contributed by atoms with Crippen LogP contribution in [0.15, 0.2) is 30.5 Å². The van der Waals surface area contributed by atoms with E-state index in [1.54, 1.807) is 0 Å². The summed E-state index contributed by atoms with van der Waals surface area (Å²) in [6, 6.07) is 8.27. The Labute approximate surface area is 131 Å². The van der Waals surface area contributed by atoms with Crippen molar-refractivity contribution in [1.82, 2.24) is 9.88 Å². The van der Waals surface area contributed by atoms with Crippen LogP contribution in [-0.4, -0.2) is 40.1 Å². The predicted molar refractivity (Wildman–Crippen MR) is 87.6 cm³/mol. The van der Waals surface area contributed by atoms with Crippen molar-refractivity contribution in [3.63, 3.8) is 0 Å². The summed E-state index contributed by atoms with van der Waals surface area (Å²) in [5.74, 6) is 0.473. The number of nitrogens with one attached hydrogen (secondary N) is 1. The number of aromatic nitrogens is 1. The van der Waals surface area contributed by atoms with Crippen LogP contribution in [0.2, 0.25) is 0 Å². The molecule has 2 aromatic rings. The van der Waals surface area contributed by atoms with Crippen molar-refractivity contribution in [3.8, 4) is 0 Å². The summed E-state index contributed by atoms with van der Waals surface area (Å²) in [5, 5.41) is 10.9. The van der Waals surface area contributed by atoms with Crippen molar-refractivity contribution in [2.24, 2.45) is 5.92 Å². The maximum absolute atomic E-state index is 12.2. The van der Waals surface area contributed by atoms with Crippen LogP contribution in [0.1, 0.15) is 31.7 Å². The highest BCUT2D eigenvalue weighted by Crippen LogP contribution is 2.22. The van der Waals surface area contributed by atoms with E-state index in [-0.39, 0.29) is 17.9 Å². The molecule has 2 atom stereocenters. The Morgan fingerprint density at radius 1 is 1.45 bits per heavy atom. The average Bonchev–Trinajstić information content (AvgIpc) is 3.14. The molecule has 3 rings (SSSR count). The minimum absolute atomic E-state index is 0.225. The number of hydrogen-bond donors (Lipinski definition) is 2. The number of H-pyrrole nitrogens is 1. The number of carbonyl (C=O) groups is 1. The second kappa shape index (κ2) is 6.53. The first-order valence-electron chi connectivity index (χ1n) is 8.16. The highest BCUT2D eigenvalue weighted by molar-refractivity contribution is 5.83. The summed E-state index contributed by atoms with van der Waals surface area (Å²) in [6.45, 7) is 3.32. The summed E-state index contributed by atoms with van der Waals surface area (Å²) < 4.78 is 0. The average molecular weight is 300 g/mol. The van der Waals surface area contributed by atoms with Gasteiger partial charge in [0.2, 0.25) is 5.91 Å². The first-order valence-corrected chi connectivity index (χ1v) is 8.16. The Morgan fingerprint density at radius 2 is 2.27 bits per heavy atom. The number of nitrogens with zero attached hydrogens (tertiary/aromatic N) is 1. The van der Waals surface area contributed by atoms with Gasteiger partial charge in [0.05, 0.1) is 6.10 Å². The zero-order chi connectivity index (χ0) is 15.5. The lowest BCUT2D eigenvalue weighted by atomic mass is 10.0. The molecule has 2 unspecified atom stereocenters. The highest BCUT2D eigenvalue weighted by Gasteiger charge is 2.28. The van der Waals surface area contributed by atoms with Crippen LogP contribution in [0.4, 0.5) is 0 Å². The summed E-state index contributed by atoms with van der Waals surface area (Å²) in [6.07, 6.45) is 5.04. The Hall–Kier alpha value is -1.81. The number of fused-ring (bicyclic) bond motifs is 1. The van der Waals surface area contributed by atoms with Crippen LogP contribution < -0.4 is 0 Å². The molecular weight excluding hydrogens is 276 g/mol. The van der Waals surface area contributed by atoms with Crippen molar-refractivity contribution in [1.29, 1.82) is 0 Å². The molecule has 1 fully saturated rings. The van der Waals surface area contributed by atoms with Gasteiger partial charge in [0.15, 0.2) is 0 Å². The first-order chi connectivity index (χ1) is 10.6. The van der Waals surface area contributed by atoms with Gasteiger partial charge in [0.25, 0.3) is 0 Å². The fourth-order valence-electron chi connectivity index (χ4n) is 3.33. The molecule has 1 aromatic heterocycles. The van der Waals surface area contributed by atoms with E-state index in [1.165, 1.54) is 10.9 Å². The van der Waals surface area contributed by atoms with Gasteiger partial charge < -0.3 is 15.0 Å². The van der Waals surface area contributed by atoms with Crippen LogP contribution >= 0.6 is 0 Å². The molecule has 0 aliphatic carbocycles. The number of likely N-dealkylation sites (tertiary alicyclic amines) is 1. The normalized spacial score (nSPS) is 19.7. The number of para-hydroxylation sites is 1. The van der Waals surface area contributed by atoms with Crippen LogP contribution in [-0.2, 0) is 11.2 Å². The number of aliphatic hydroxyl groups excluding tert-OH is 1. The number of aliphatic hydroxyl groups is 1. The molecule has 0 bridgehead atoms. The van der Waals surface area contributed by atoms with E-state index >= 15 is 0 Å². The fourth-order valence-corrected chi connectivity index (χ4v) is 3.33. The van der Waals surface area contributed by atoms with E-state index < -0.39 is 0 Å². The van der Waals surface area contributed by atoms with E-state index in [0.29, 0.717) is 13.0 Å².